The molecule has 0 saturated carbocycles. The Morgan fingerprint density at radius 2 is 2.30 bits per heavy atom. The SMILES string of the molecule is Cc1cc(=O)c(C(=O)N2CCc3sccc3C2C)c[nH]1. The zero-order valence-corrected chi connectivity index (χ0v) is 12.3. The highest BCUT2D eigenvalue weighted by molar-refractivity contribution is 7.10. The van der Waals surface area contributed by atoms with Crippen LogP contribution in [0.2, 0.25) is 0 Å². The summed E-state index contributed by atoms with van der Waals surface area (Å²) in [6, 6.07) is 3.57. The van der Waals surface area contributed by atoms with Crippen LogP contribution in [0.3, 0.4) is 0 Å². The highest BCUT2D eigenvalue weighted by atomic mass is 32.1. The van der Waals surface area contributed by atoms with Gasteiger partial charge in [-0.05, 0) is 37.3 Å². The van der Waals surface area contributed by atoms with Crippen molar-refractivity contribution in [3.8, 4) is 0 Å². The fourth-order valence-electron chi connectivity index (χ4n) is 2.68. The fourth-order valence-corrected chi connectivity index (χ4v) is 3.64. The number of hydrogen-bond acceptors (Lipinski definition) is 3. The molecule has 2 aromatic rings. The number of aromatic nitrogens is 1. The number of nitrogens with zero attached hydrogens (tertiary/aromatic N) is 1. The summed E-state index contributed by atoms with van der Waals surface area (Å²) in [7, 11) is 0. The number of pyridine rings is 1. The number of aromatic amines is 1. The number of amides is 1. The van der Waals surface area contributed by atoms with E-state index in [2.05, 4.69) is 16.4 Å². The molecule has 4 nitrogen and oxygen atoms in total. The molecule has 1 atom stereocenters. The Morgan fingerprint density at radius 1 is 1.50 bits per heavy atom. The van der Waals surface area contributed by atoms with E-state index < -0.39 is 0 Å². The van der Waals surface area contributed by atoms with Gasteiger partial charge >= 0.3 is 0 Å². The minimum Gasteiger partial charge on any atom is -0.364 e. The summed E-state index contributed by atoms with van der Waals surface area (Å²) in [4.78, 5) is 30.6. The van der Waals surface area contributed by atoms with E-state index in [4.69, 9.17) is 0 Å². The van der Waals surface area contributed by atoms with Crippen LogP contribution in [-0.4, -0.2) is 22.3 Å². The van der Waals surface area contributed by atoms with Gasteiger partial charge in [-0.1, -0.05) is 0 Å². The number of rotatable bonds is 1. The van der Waals surface area contributed by atoms with E-state index >= 15 is 0 Å². The average Bonchev–Trinajstić information content (AvgIpc) is 2.87. The van der Waals surface area contributed by atoms with Crippen LogP contribution in [0.1, 0.15) is 39.5 Å². The molecule has 1 aliphatic rings. The van der Waals surface area contributed by atoms with Crippen molar-refractivity contribution in [3.05, 3.63) is 55.6 Å². The molecule has 0 radical (unpaired) electrons. The molecule has 0 aromatic carbocycles. The normalized spacial score (nSPS) is 17.9. The van der Waals surface area contributed by atoms with Gasteiger partial charge in [-0.2, -0.15) is 0 Å². The predicted octanol–water partition coefficient (Wildman–Crippen LogP) is 2.50. The van der Waals surface area contributed by atoms with Crippen LogP contribution >= 0.6 is 11.3 Å². The van der Waals surface area contributed by atoms with Gasteiger partial charge in [-0.15, -0.1) is 11.3 Å². The van der Waals surface area contributed by atoms with Crippen LogP contribution in [-0.2, 0) is 6.42 Å². The van der Waals surface area contributed by atoms with Crippen molar-refractivity contribution in [2.24, 2.45) is 0 Å². The van der Waals surface area contributed by atoms with Gasteiger partial charge in [0, 0.05) is 29.4 Å². The average molecular weight is 288 g/mol. The van der Waals surface area contributed by atoms with Crippen molar-refractivity contribution >= 4 is 17.2 Å². The van der Waals surface area contributed by atoms with Crippen molar-refractivity contribution in [2.75, 3.05) is 6.54 Å². The molecule has 0 aliphatic carbocycles. The maximum Gasteiger partial charge on any atom is 0.259 e. The van der Waals surface area contributed by atoms with E-state index in [9.17, 15) is 9.59 Å². The monoisotopic (exact) mass is 288 g/mol. The van der Waals surface area contributed by atoms with Crippen molar-refractivity contribution in [3.63, 3.8) is 0 Å². The molecule has 1 aliphatic heterocycles. The fraction of sp³-hybridized carbons (Fsp3) is 0.333. The third-order valence-corrected chi connectivity index (χ3v) is 4.82. The van der Waals surface area contributed by atoms with Gasteiger partial charge in [0.25, 0.3) is 5.91 Å². The Morgan fingerprint density at radius 3 is 3.05 bits per heavy atom. The third kappa shape index (κ3) is 2.08. The van der Waals surface area contributed by atoms with Crippen LogP contribution in [0, 0.1) is 6.92 Å². The smallest absolute Gasteiger partial charge is 0.259 e. The Kier molecular flexibility index (Phi) is 3.22. The lowest BCUT2D eigenvalue weighted by Crippen LogP contribution is -2.40. The maximum atomic E-state index is 12.6. The molecule has 0 spiro atoms. The molecular formula is C15H16N2O2S. The first kappa shape index (κ1) is 13.1. The number of thiophene rings is 1. The van der Waals surface area contributed by atoms with E-state index in [0.29, 0.717) is 6.54 Å². The number of aryl methyl sites for hydroxylation is 1. The summed E-state index contributed by atoms with van der Waals surface area (Å²) in [5, 5.41) is 2.06. The number of H-pyrrole nitrogens is 1. The lowest BCUT2D eigenvalue weighted by molar-refractivity contribution is 0.0677. The maximum absolute atomic E-state index is 12.6. The molecule has 1 N–H and O–H groups in total. The number of carbonyl (C=O) groups is 1. The number of hydrogen-bond donors (Lipinski definition) is 1. The molecule has 5 heteroatoms. The Balaban J connectivity index is 1.94. The minimum absolute atomic E-state index is 0.0261. The van der Waals surface area contributed by atoms with E-state index in [1.807, 2.05) is 6.92 Å². The summed E-state index contributed by atoms with van der Waals surface area (Å²) < 4.78 is 0. The molecular weight excluding hydrogens is 272 g/mol. The molecule has 3 rings (SSSR count). The minimum atomic E-state index is -0.213. The highest BCUT2D eigenvalue weighted by Gasteiger charge is 2.29. The van der Waals surface area contributed by atoms with Gasteiger partial charge in [-0.3, -0.25) is 9.59 Å². The van der Waals surface area contributed by atoms with Gasteiger partial charge in [0.05, 0.1) is 6.04 Å². The van der Waals surface area contributed by atoms with Gasteiger partial charge < -0.3 is 9.88 Å². The molecule has 0 bridgehead atoms. The van der Waals surface area contributed by atoms with Gasteiger partial charge in [-0.25, -0.2) is 0 Å². The van der Waals surface area contributed by atoms with Crippen molar-refractivity contribution < 1.29 is 4.79 Å². The first-order chi connectivity index (χ1) is 9.58. The largest absolute Gasteiger partial charge is 0.364 e. The first-order valence-corrected chi connectivity index (χ1v) is 7.52. The van der Waals surface area contributed by atoms with Gasteiger partial charge in [0.1, 0.15) is 5.56 Å². The Bertz CT molecular complexity index is 717. The van der Waals surface area contributed by atoms with Crippen LogP contribution in [0.4, 0.5) is 0 Å². The Hall–Kier alpha value is -1.88. The van der Waals surface area contributed by atoms with E-state index in [-0.39, 0.29) is 22.9 Å². The topological polar surface area (TPSA) is 53.2 Å². The molecule has 0 fully saturated rings. The Labute approximate surface area is 121 Å². The van der Waals surface area contributed by atoms with Crippen LogP contribution in [0.15, 0.2) is 28.5 Å². The summed E-state index contributed by atoms with van der Waals surface area (Å²) in [6.07, 6.45) is 2.39. The number of carbonyl (C=O) groups excluding carboxylic acids is 1. The quantitative estimate of drug-likeness (QED) is 0.876. The van der Waals surface area contributed by atoms with Gasteiger partial charge in [0.2, 0.25) is 0 Å². The molecule has 20 heavy (non-hydrogen) atoms. The molecule has 0 saturated heterocycles. The highest BCUT2D eigenvalue weighted by Crippen LogP contribution is 2.33. The second-order valence-electron chi connectivity index (χ2n) is 5.12. The molecule has 3 heterocycles. The third-order valence-electron chi connectivity index (χ3n) is 3.83. The van der Waals surface area contributed by atoms with Crippen LogP contribution < -0.4 is 5.43 Å². The van der Waals surface area contributed by atoms with E-state index in [1.54, 1.807) is 23.2 Å². The lowest BCUT2D eigenvalue weighted by atomic mass is 10.0. The summed E-state index contributed by atoms with van der Waals surface area (Å²) in [6.45, 7) is 4.49. The summed E-state index contributed by atoms with van der Waals surface area (Å²) in [5.74, 6) is -0.185. The number of fused-ring (bicyclic) bond motifs is 1. The van der Waals surface area contributed by atoms with E-state index in [1.165, 1.54) is 22.7 Å². The lowest BCUT2D eigenvalue weighted by Gasteiger charge is -2.33. The second-order valence-corrected chi connectivity index (χ2v) is 6.12. The molecule has 104 valence electrons. The van der Waals surface area contributed by atoms with Crippen molar-refractivity contribution in [1.82, 2.24) is 9.88 Å². The first-order valence-electron chi connectivity index (χ1n) is 6.64. The zero-order valence-electron chi connectivity index (χ0n) is 11.5. The van der Waals surface area contributed by atoms with Crippen molar-refractivity contribution in [1.29, 1.82) is 0 Å². The van der Waals surface area contributed by atoms with E-state index in [0.717, 1.165) is 12.1 Å². The molecule has 1 unspecified atom stereocenters. The van der Waals surface area contributed by atoms with Crippen LogP contribution in [0.25, 0.3) is 0 Å². The second kappa shape index (κ2) is 4.90. The zero-order chi connectivity index (χ0) is 14.3. The summed E-state index contributed by atoms with van der Waals surface area (Å²) in [5.41, 5.74) is 1.98. The molecule has 2 aromatic heterocycles. The van der Waals surface area contributed by atoms with Gasteiger partial charge in [0.15, 0.2) is 5.43 Å². The van der Waals surface area contributed by atoms with Crippen LogP contribution in [0.5, 0.6) is 0 Å². The number of nitrogens with one attached hydrogen (secondary N) is 1. The molecule has 1 amide bonds. The predicted molar refractivity (Wildman–Crippen MR) is 79.3 cm³/mol. The van der Waals surface area contributed by atoms with Crippen molar-refractivity contribution in [2.45, 2.75) is 26.3 Å². The summed E-state index contributed by atoms with van der Waals surface area (Å²) >= 11 is 1.74. The standard InChI is InChI=1S/C15H16N2O2S/c1-9-7-13(18)12(8-16-9)15(19)17-5-3-14-11(10(17)2)4-6-20-14/h4,6-8,10H,3,5H2,1-2H3,(H,16,18).